The van der Waals surface area contributed by atoms with Gasteiger partial charge in [-0.3, -0.25) is 0 Å². The first kappa shape index (κ1) is 18.5. The second kappa shape index (κ2) is 8.32. The molecule has 130 valence electrons. The number of hydrogen-bond acceptors (Lipinski definition) is 3. The van der Waals surface area contributed by atoms with Crippen LogP contribution in [0, 0.1) is 0 Å². The molecule has 0 aromatic heterocycles. The largest absolute Gasteiger partial charge is 0.504 e. The van der Waals surface area contributed by atoms with Gasteiger partial charge in [0.05, 0.1) is 7.11 Å². The molecule has 0 unspecified atom stereocenters. The molecule has 0 amide bonds. The zero-order valence-electron chi connectivity index (χ0n) is 15.2. The van der Waals surface area contributed by atoms with E-state index in [1.807, 2.05) is 17.8 Å². The smallest absolute Gasteiger partial charge is 0.161 e. The number of thioether (sulfide) groups is 1. The van der Waals surface area contributed by atoms with Crippen molar-refractivity contribution in [3.8, 4) is 11.5 Å². The summed E-state index contributed by atoms with van der Waals surface area (Å²) in [6, 6.07) is 4.13. The summed E-state index contributed by atoms with van der Waals surface area (Å²) in [6.07, 6.45) is 9.53. The van der Waals surface area contributed by atoms with Gasteiger partial charge in [-0.2, -0.15) is 11.8 Å². The van der Waals surface area contributed by atoms with Crippen molar-refractivity contribution in [2.45, 2.75) is 82.1 Å². The number of ether oxygens (including phenoxy) is 1. The third kappa shape index (κ3) is 5.34. The van der Waals surface area contributed by atoms with Crippen LogP contribution < -0.4 is 4.74 Å². The fourth-order valence-corrected chi connectivity index (χ4v) is 4.46. The van der Waals surface area contributed by atoms with Gasteiger partial charge >= 0.3 is 0 Å². The topological polar surface area (TPSA) is 29.5 Å². The number of aromatic hydroxyl groups is 1. The predicted octanol–water partition coefficient (Wildman–Crippen LogP) is 6.04. The van der Waals surface area contributed by atoms with Crippen LogP contribution in [0.1, 0.15) is 76.8 Å². The number of hydrogen-bond donors (Lipinski definition) is 1. The van der Waals surface area contributed by atoms with E-state index >= 15 is 0 Å². The van der Waals surface area contributed by atoms with E-state index in [-0.39, 0.29) is 5.41 Å². The van der Waals surface area contributed by atoms with Crippen LogP contribution in [0.25, 0.3) is 0 Å². The Hall–Kier alpha value is -0.830. The molecule has 1 aliphatic carbocycles. The van der Waals surface area contributed by atoms with Gasteiger partial charge in [-0.1, -0.05) is 58.9 Å². The molecule has 1 N–H and O–H groups in total. The summed E-state index contributed by atoms with van der Waals surface area (Å²) in [6.45, 7) is 6.60. The zero-order chi connectivity index (χ0) is 16.9. The van der Waals surface area contributed by atoms with Crippen LogP contribution in [0.15, 0.2) is 12.1 Å². The van der Waals surface area contributed by atoms with E-state index in [2.05, 4.69) is 26.8 Å². The average molecular weight is 337 g/mol. The van der Waals surface area contributed by atoms with Gasteiger partial charge in [-0.25, -0.2) is 0 Å². The lowest BCUT2D eigenvalue weighted by atomic mass is 9.86. The van der Waals surface area contributed by atoms with Crippen molar-refractivity contribution in [3.05, 3.63) is 23.3 Å². The van der Waals surface area contributed by atoms with Gasteiger partial charge < -0.3 is 9.84 Å². The highest BCUT2D eigenvalue weighted by Gasteiger charge is 2.20. The van der Waals surface area contributed by atoms with Crippen LogP contribution in [-0.4, -0.2) is 17.5 Å². The highest BCUT2D eigenvalue weighted by molar-refractivity contribution is 7.99. The molecule has 2 rings (SSSR count). The molecule has 3 heteroatoms. The Labute approximate surface area is 146 Å². The van der Waals surface area contributed by atoms with Gasteiger partial charge in [-0.15, -0.1) is 0 Å². The summed E-state index contributed by atoms with van der Waals surface area (Å²) < 4.78 is 5.39. The van der Waals surface area contributed by atoms with Gasteiger partial charge in [-0.05, 0) is 29.9 Å². The molecule has 0 radical (unpaired) electrons. The fraction of sp³-hybridized carbons (Fsp3) is 0.700. The Kier molecular flexibility index (Phi) is 6.70. The highest BCUT2D eigenvalue weighted by Crippen LogP contribution is 2.39. The minimum Gasteiger partial charge on any atom is -0.504 e. The molecule has 2 nitrogen and oxygen atoms in total. The number of phenols is 1. The second-order valence-electron chi connectivity index (χ2n) is 7.71. The van der Waals surface area contributed by atoms with E-state index in [9.17, 15) is 5.11 Å². The molecule has 1 aromatic carbocycles. The number of methoxy groups -OCH3 is 1. The number of rotatable bonds is 4. The third-order valence-corrected chi connectivity index (χ3v) is 6.19. The Bertz CT molecular complexity index is 497. The Morgan fingerprint density at radius 1 is 1.09 bits per heavy atom. The number of phenolic OH excluding ortho intramolecular Hbond substituents is 1. The lowest BCUT2D eigenvalue weighted by Crippen LogP contribution is -2.12. The first-order chi connectivity index (χ1) is 10.9. The minimum atomic E-state index is 0.0562. The normalized spacial score (nSPS) is 17.6. The van der Waals surface area contributed by atoms with Crippen LogP contribution in [0.2, 0.25) is 0 Å². The summed E-state index contributed by atoms with van der Waals surface area (Å²) in [5.41, 5.74) is 2.29. The van der Waals surface area contributed by atoms with Crippen molar-refractivity contribution in [3.63, 3.8) is 0 Å². The molecule has 1 aliphatic rings. The van der Waals surface area contributed by atoms with Crippen molar-refractivity contribution in [2.75, 3.05) is 7.11 Å². The molecular formula is C20H32O2S. The summed E-state index contributed by atoms with van der Waals surface area (Å²) in [7, 11) is 1.63. The maximum absolute atomic E-state index is 10.5. The van der Waals surface area contributed by atoms with Gasteiger partial charge in [0.25, 0.3) is 0 Å². The summed E-state index contributed by atoms with van der Waals surface area (Å²) in [5, 5.41) is 11.2. The zero-order valence-corrected chi connectivity index (χ0v) is 16.0. The van der Waals surface area contributed by atoms with Crippen LogP contribution in [0.3, 0.4) is 0 Å². The quantitative estimate of drug-likeness (QED) is 0.726. The van der Waals surface area contributed by atoms with Gasteiger partial charge in [0.15, 0.2) is 11.5 Å². The van der Waals surface area contributed by atoms with E-state index in [4.69, 9.17) is 4.74 Å². The van der Waals surface area contributed by atoms with Crippen molar-refractivity contribution in [2.24, 2.45) is 0 Å². The third-order valence-electron chi connectivity index (χ3n) is 4.77. The Morgan fingerprint density at radius 2 is 1.70 bits per heavy atom. The van der Waals surface area contributed by atoms with E-state index in [1.54, 1.807) is 7.11 Å². The van der Waals surface area contributed by atoms with Crippen LogP contribution in [0.5, 0.6) is 11.5 Å². The second-order valence-corrected chi connectivity index (χ2v) is 9.00. The van der Waals surface area contributed by atoms with Crippen molar-refractivity contribution in [1.29, 1.82) is 0 Å². The van der Waals surface area contributed by atoms with Crippen molar-refractivity contribution >= 4 is 11.8 Å². The standard InChI is InChI=1S/C20H32O2S/c1-20(2,3)16-12-15(19(21)18(13-16)22-4)14-23-17-10-8-6-5-7-9-11-17/h12-13,17,21H,5-11,14H2,1-4H3. The molecule has 1 saturated carbocycles. The van der Waals surface area contributed by atoms with E-state index < -0.39 is 0 Å². The molecular weight excluding hydrogens is 304 g/mol. The van der Waals surface area contributed by atoms with Gasteiger partial charge in [0, 0.05) is 16.6 Å². The fourth-order valence-electron chi connectivity index (χ4n) is 3.16. The SMILES string of the molecule is COc1cc(C(C)(C)C)cc(CSC2CCCCCCC2)c1O. The van der Waals surface area contributed by atoms with Crippen LogP contribution in [0.4, 0.5) is 0 Å². The first-order valence-corrected chi connectivity index (χ1v) is 9.98. The molecule has 0 aliphatic heterocycles. The maximum Gasteiger partial charge on any atom is 0.161 e. The molecule has 23 heavy (non-hydrogen) atoms. The van der Waals surface area contributed by atoms with Crippen molar-refractivity contribution < 1.29 is 9.84 Å². The lowest BCUT2D eigenvalue weighted by Gasteiger charge is -2.23. The summed E-state index contributed by atoms with van der Waals surface area (Å²) in [4.78, 5) is 0. The summed E-state index contributed by atoms with van der Waals surface area (Å²) in [5.74, 6) is 1.79. The minimum absolute atomic E-state index is 0.0562. The average Bonchev–Trinajstić information content (AvgIpc) is 2.46. The molecule has 0 spiro atoms. The van der Waals surface area contributed by atoms with Crippen LogP contribution in [-0.2, 0) is 11.2 Å². The van der Waals surface area contributed by atoms with E-state index in [1.165, 1.54) is 50.5 Å². The van der Waals surface area contributed by atoms with E-state index in [0.717, 1.165) is 16.6 Å². The molecule has 1 aromatic rings. The van der Waals surface area contributed by atoms with Gasteiger partial charge in [0.1, 0.15) is 0 Å². The lowest BCUT2D eigenvalue weighted by molar-refractivity contribution is 0.369. The number of benzene rings is 1. The molecule has 0 saturated heterocycles. The predicted molar refractivity (Wildman–Crippen MR) is 101 cm³/mol. The molecule has 0 bridgehead atoms. The Balaban J connectivity index is 2.11. The van der Waals surface area contributed by atoms with Crippen molar-refractivity contribution in [1.82, 2.24) is 0 Å². The molecule has 0 heterocycles. The first-order valence-electron chi connectivity index (χ1n) is 8.94. The van der Waals surface area contributed by atoms with Crippen LogP contribution >= 0.6 is 11.8 Å². The maximum atomic E-state index is 10.5. The van der Waals surface area contributed by atoms with Gasteiger partial charge in [0.2, 0.25) is 0 Å². The molecule has 1 fully saturated rings. The molecule has 0 atom stereocenters. The highest BCUT2D eigenvalue weighted by atomic mass is 32.2. The Morgan fingerprint density at radius 3 is 2.26 bits per heavy atom. The monoisotopic (exact) mass is 336 g/mol. The summed E-state index contributed by atoms with van der Waals surface area (Å²) >= 11 is 2.01. The van der Waals surface area contributed by atoms with E-state index in [0.29, 0.717) is 11.5 Å².